The molecular formula is C10H11Cl2N3. The van der Waals surface area contributed by atoms with Gasteiger partial charge in [0.05, 0.1) is 5.69 Å². The van der Waals surface area contributed by atoms with Crippen molar-refractivity contribution in [1.29, 1.82) is 0 Å². The first-order chi connectivity index (χ1) is 7.20. The highest BCUT2D eigenvalue weighted by molar-refractivity contribution is 6.32. The molecule has 1 aliphatic rings. The molecule has 0 atom stereocenters. The maximum atomic E-state index is 6.02. The van der Waals surface area contributed by atoms with Crippen LogP contribution in [0.3, 0.4) is 0 Å². The summed E-state index contributed by atoms with van der Waals surface area (Å²) in [6, 6.07) is 0. The van der Waals surface area contributed by atoms with Crippen LogP contribution in [0.25, 0.3) is 0 Å². The van der Waals surface area contributed by atoms with E-state index in [1.807, 2.05) is 6.08 Å². The maximum absolute atomic E-state index is 6.02. The van der Waals surface area contributed by atoms with Gasteiger partial charge in [-0.15, -0.1) is 6.58 Å². The molecule has 0 bridgehead atoms. The van der Waals surface area contributed by atoms with Crippen molar-refractivity contribution in [3.63, 3.8) is 0 Å². The fourth-order valence-corrected chi connectivity index (χ4v) is 2.22. The minimum atomic E-state index is 0.232. The fraction of sp³-hybridized carbons (Fsp3) is 0.400. The van der Waals surface area contributed by atoms with Gasteiger partial charge in [0.1, 0.15) is 5.15 Å². The van der Waals surface area contributed by atoms with Gasteiger partial charge in [0.15, 0.2) is 0 Å². The Labute approximate surface area is 98.7 Å². The highest BCUT2D eigenvalue weighted by atomic mass is 35.5. The van der Waals surface area contributed by atoms with Crippen molar-refractivity contribution in [2.24, 2.45) is 0 Å². The van der Waals surface area contributed by atoms with E-state index in [2.05, 4.69) is 21.4 Å². The summed E-state index contributed by atoms with van der Waals surface area (Å²) >= 11 is 11.8. The molecule has 80 valence electrons. The third-order valence-electron chi connectivity index (χ3n) is 2.45. The van der Waals surface area contributed by atoms with Crippen molar-refractivity contribution in [3.05, 3.63) is 34.3 Å². The molecule has 0 aromatic carbocycles. The number of halogens is 2. The maximum Gasteiger partial charge on any atom is 0.224 e. The zero-order valence-corrected chi connectivity index (χ0v) is 9.72. The Morgan fingerprint density at radius 3 is 2.93 bits per heavy atom. The van der Waals surface area contributed by atoms with Gasteiger partial charge >= 0.3 is 0 Å². The van der Waals surface area contributed by atoms with Crippen LogP contribution < -0.4 is 0 Å². The molecule has 0 spiro atoms. The number of fused-ring (bicyclic) bond motifs is 1. The summed E-state index contributed by atoms with van der Waals surface area (Å²) in [7, 11) is 0. The molecule has 0 amide bonds. The summed E-state index contributed by atoms with van der Waals surface area (Å²) in [6.45, 7) is 6.32. The zero-order chi connectivity index (χ0) is 10.8. The van der Waals surface area contributed by atoms with Crippen molar-refractivity contribution in [2.75, 3.05) is 13.1 Å². The minimum absolute atomic E-state index is 0.232. The standard InChI is InChI=1S/C10H11Cl2N3/c1-2-4-15-5-3-8-7(6-15)9(11)14-10(12)13-8/h2H,1,3-6H2. The second kappa shape index (κ2) is 4.47. The lowest BCUT2D eigenvalue weighted by Gasteiger charge is -2.27. The number of hydrogen-bond donors (Lipinski definition) is 0. The summed E-state index contributed by atoms with van der Waals surface area (Å²) in [4.78, 5) is 10.4. The van der Waals surface area contributed by atoms with Crippen LogP contribution in [-0.2, 0) is 13.0 Å². The van der Waals surface area contributed by atoms with E-state index < -0.39 is 0 Å². The third kappa shape index (κ3) is 2.30. The Bertz CT molecular complexity index is 392. The lowest BCUT2D eigenvalue weighted by Crippen LogP contribution is -2.31. The van der Waals surface area contributed by atoms with Crippen LogP contribution in [0.5, 0.6) is 0 Å². The van der Waals surface area contributed by atoms with Gasteiger partial charge in [-0.1, -0.05) is 17.7 Å². The molecule has 0 aliphatic carbocycles. The molecule has 1 aromatic heterocycles. The van der Waals surface area contributed by atoms with Crippen molar-refractivity contribution in [2.45, 2.75) is 13.0 Å². The Kier molecular flexibility index (Phi) is 3.24. The smallest absolute Gasteiger partial charge is 0.224 e. The first-order valence-electron chi connectivity index (χ1n) is 4.74. The molecule has 2 heterocycles. The molecule has 0 saturated heterocycles. The molecule has 1 aliphatic heterocycles. The highest BCUT2D eigenvalue weighted by Crippen LogP contribution is 2.24. The number of rotatable bonds is 2. The molecule has 2 rings (SSSR count). The van der Waals surface area contributed by atoms with E-state index in [-0.39, 0.29) is 5.28 Å². The average Bonchev–Trinajstić information content (AvgIpc) is 2.19. The van der Waals surface area contributed by atoms with E-state index in [0.717, 1.165) is 37.3 Å². The molecule has 1 aromatic rings. The van der Waals surface area contributed by atoms with Gasteiger partial charge in [-0.2, -0.15) is 0 Å². The quantitative estimate of drug-likeness (QED) is 0.454. The summed E-state index contributed by atoms with van der Waals surface area (Å²) in [5, 5.41) is 0.703. The highest BCUT2D eigenvalue weighted by Gasteiger charge is 2.20. The van der Waals surface area contributed by atoms with Gasteiger partial charge in [-0.05, 0) is 11.6 Å². The van der Waals surface area contributed by atoms with E-state index in [0.29, 0.717) is 5.15 Å². The van der Waals surface area contributed by atoms with E-state index >= 15 is 0 Å². The minimum Gasteiger partial charge on any atom is -0.295 e. The third-order valence-corrected chi connectivity index (χ3v) is 2.93. The Morgan fingerprint density at radius 1 is 1.40 bits per heavy atom. The van der Waals surface area contributed by atoms with Crippen LogP contribution in [0.15, 0.2) is 12.7 Å². The van der Waals surface area contributed by atoms with Gasteiger partial charge in [-0.25, -0.2) is 9.97 Å². The molecule has 0 fully saturated rings. The SMILES string of the molecule is C=CCN1CCc2nc(Cl)nc(Cl)c2C1. The molecule has 5 heteroatoms. The number of hydrogen-bond acceptors (Lipinski definition) is 3. The predicted molar refractivity (Wildman–Crippen MR) is 61.2 cm³/mol. The Hall–Kier alpha value is -0.640. The normalized spacial score (nSPS) is 16.1. The first-order valence-corrected chi connectivity index (χ1v) is 5.50. The zero-order valence-electron chi connectivity index (χ0n) is 8.21. The summed E-state index contributed by atoms with van der Waals surface area (Å²) in [6.07, 6.45) is 2.75. The van der Waals surface area contributed by atoms with E-state index in [9.17, 15) is 0 Å². The number of nitrogens with zero attached hydrogens (tertiary/aromatic N) is 3. The van der Waals surface area contributed by atoms with Gasteiger partial charge in [0.25, 0.3) is 0 Å². The van der Waals surface area contributed by atoms with Crippen LogP contribution in [0, 0.1) is 0 Å². The molecule has 0 unspecified atom stereocenters. The Balaban J connectivity index is 2.29. The first kappa shape index (κ1) is 10.9. The molecular weight excluding hydrogens is 233 g/mol. The Morgan fingerprint density at radius 2 is 2.20 bits per heavy atom. The number of aromatic nitrogens is 2. The van der Waals surface area contributed by atoms with Gasteiger partial charge in [-0.3, -0.25) is 4.90 Å². The van der Waals surface area contributed by atoms with Crippen LogP contribution in [0.1, 0.15) is 11.3 Å². The average molecular weight is 244 g/mol. The molecule has 0 saturated carbocycles. The van der Waals surface area contributed by atoms with E-state index in [1.54, 1.807) is 0 Å². The van der Waals surface area contributed by atoms with E-state index in [1.165, 1.54) is 0 Å². The van der Waals surface area contributed by atoms with Crippen LogP contribution in [-0.4, -0.2) is 28.0 Å². The van der Waals surface area contributed by atoms with Crippen LogP contribution in [0.2, 0.25) is 10.4 Å². The van der Waals surface area contributed by atoms with Crippen molar-refractivity contribution in [3.8, 4) is 0 Å². The second-order valence-electron chi connectivity index (χ2n) is 3.48. The summed E-state index contributed by atoms with van der Waals surface area (Å²) in [5.74, 6) is 0. The molecule has 15 heavy (non-hydrogen) atoms. The second-order valence-corrected chi connectivity index (χ2v) is 4.18. The molecule has 0 radical (unpaired) electrons. The van der Waals surface area contributed by atoms with Crippen molar-refractivity contribution in [1.82, 2.24) is 14.9 Å². The molecule has 0 N–H and O–H groups in total. The van der Waals surface area contributed by atoms with Gasteiger partial charge in [0.2, 0.25) is 5.28 Å². The largest absolute Gasteiger partial charge is 0.295 e. The lowest BCUT2D eigenvalue weighted by molar-refractivity contribution is 0.279. The predicted octanol–water partition coefficient (Wildman–Crippen LogP) is 2.33. The lowest BCUT2D eigenvalue weighted by atomic mass is 10.1. The topological polar surface area (TPSA) is 29.0 Å². The van der Waals surface area contributed by atoms with Crippen LogP contribution in [0.4, 0.5) is 0 Å². The summed E-state index contributed by atoms with van der Waals surface area (Å²) in [5.41, 5.74) is 1.97. The fourth-order valence-electron chi connectivity index (χ4n) is 1.74. The van der Waals surface area contributed by atoms with Crippen molar-refractivity contribution >= 4 is 23.2 Å². The van der Waals surface area contributed by atoms with Crippen molar-refractivity contribution < 1.29 is 0 Å². The van der Waals surface area contributed by atoms with Gasteiger partial charge in [0, 0.05) is 31.6 Å². The van der Waals surface area contributed by atoms with Crippen LogP contribution >= 0.6 is 23.2 Å². The molecule has 3 nitrogen and oxygen atoms in total. The van der Waals surface area contributed by atoms with Gasteiger partial charge < -0.3 is 0 Å². The summed E-state index contributed by atoms with van der Waals surface area (Å²) < 4.78 is 0. The van der Waals surface area contributed by atoms with E-state index in [4.69, 9.17) is 23.2 Å². The monoisotopic (exact) mass is 243 g/mol.